The molecule has 4 N–H and O–H groups in total. The van der Waals surface area contributed by atoms with E-state index in [1.807, 2.05) is 0 Å². The van der Waals surface area contributed by atoms with Gasteiger partial charge >= 0.3 is 34.5 Å². The van der Waals surface area contributed by atoms with E-state index in [2.05, 4.69) is 10.6 Å². The molecule has 0 radical (unpaired) electrons. The molecule has 0 aromatic rings. The molecular formula is C24H38F3N4O10S+. The molecule has 3 aliphatic heterocycles. The topological polar surface area (TPSA) is 185 Å². The van der Waals surface area contributed by atoms with Gasteiger partial charge in [-0.2, -0.15) is 26.7 Å². The van der Waals surface area contributed by atoms with E-state index in [1.54, 1.807) is 6.92 Å². The van der Waals surface area contributed by atoms with E-state index < -0.39 is 58.7 Å². The number of amides is 3. The quantitative estimate of drug-likeness (QED) is 0.302. The van der Waals surface area contributed by atoms with Crippen LogP contribution in [0.2, 0.25) is 0 Å². The maximum atomic E-state index is 13.0. The summed E-state index contributed by atoms with van der Waals surface area (Å²) >= 11 is 0. The summed E-state index contributed by atoms with van der Waals surface area (Å²) in [6.45, 7) is 3.61. The lowest BCUT2D eigenvalue weighted by atomic mass is 9.75. The van der Waals surface area contributed by atoms with Crippen LogP contribution in [-0.2, 0) is 38.0 Å². The first-order valence-corrected chi connectivity index (χ1v) is 15.3. The molecule has 3 amide bonds. The third kappa shape index (κ3) is 8.67. The zero-order chi connectivity index (χ0) is 31.1. The fraction of sp³-hybridized carbons (Fsp3) is 0.833. The highest BCUT2D eigenvalue weighted by atomic mass is 32.3. The number of nitrogens with two attached hydrogens (primary N) is 1. The molecule has 0 aromatic heterocycles. The van der Waals surface area contributed by atoms with Crippen LogP contribution >= 0.6 is 0 Å². The molecule has 42 heavy (non-hydrogen) atoms. The van der Waals surface area contributed by atoms with Crippen molar-refractivity contribution in [2.75, 3.05) is 32.8 Å². The van der Waals surface area contributed by atoms with Crippen molar-refractivity contribution in [2.24, 2.45) is 5.41 Å². The predicted molar refractivity (Wildman–Crippen MR) is 135 cm³/mol. The summed E-state index contributed by atoms with van der Waals surface area (Å²) < 4.78 is 72.5. The first kappa shape index (κ1) is 33.8. The number of hydroxylamine groups is 2. The number of ether oxygens (including phenoxy) is 1. The number of quaternary nitrogens is 1. The minimum Gasteiger partial charge on any atom is -0.475 e. The Kier molecular flexibility index (Phi) is 11.4. The Labute approximate surface area is 241 Å². The minimum absolute atomic E-state index is 0.0931. The van der Waals surface area contributed by atoms with Gasteiger partial charge in [0.15, 0.2) is 0 Å². The van der Waals surface area contributed by atoms with Crippen molar-refractivity contribution in [1.29, 1.82) is 0 Å². The normalized spacial score (nSPS) is 24.4. The van der Waals surface area contributed by atoms with Crippen molar-refractivity contribution < 1.29 is 64.4 Å². The molecule has 240 valence electrons. The molecule has 0 aromatic carbocycles. The van der Waals surface area contributed by atoms with E-state index >= 15 is 0 Å². The second kappa shape index (κ2) is 14.2. The number of hydrogen-bond acceptors (Lipinski definition) is 9. The largest absolute Gasteiger partial charge is 0.490 e. The van der Waals surface area contributed by atoms with Crippen LogP contribution in [0.5, 0.6) is 0 Å². The lowest BCUT2D eigenvalue weighted by molar-refractivity contribution is -0.663. The fourth-order valence-electron chi connectivity index (χ4n) is 5.60. The van der Waals surface area contributed by atoms with Gasteiger partial charge < -0.3 is 25.4 Å². The number of esters is 1. The summed E-state index contributed by atoms with van der Waals surface area (Å²) in [5, 5.41) is 13.2. The van der Waals surface area contributed by atoms with Gasteiger partial charge in [-0.15, -0.1) is 4.28 Å². The number of urea groups is 1. The number of halogens is 3. The number of carbonyl (C=O) groups is 4. The molecule has 3 saturated heterocycles. The summed E-state index contributed by atoms with van der Waals surface area (Å²) in [5.74, 6) is -3.44. The smallest absolute Gasteiger partial charge is 0.475 e. The monoisotopic (exact) mass is 631 g/mol. The third-order valence-electron chi connectivity index (χ3n) is 7.82. The van der Waals surface area contributed by atoms with Crippen molar-refractivity contribution in [3.8, 4) is 0 Å². The predicted octanol–water partition coefficient (Wildman–Crippen LogP) is 0.437. The Morgan fingerprint density at radius 1 is 1.10 bits per heavy atom. The number of carboxylic acid groups (broad SMARTS) is 1. The van der Waals surface area contributed by atoms with Crippen molar-refractivity contribution in [3.05, 3.63) is 0 Å². The van der Waals surface area contributed by atoms with Gasteiger partial charge in [-0.25, -0.2) is 13.8 Å². The number of carboxylic acids is 1. The van der Waals surface area contributed by atoms with Crippen molar-refractivity contribution in [2.45, 2.75) is 89.0 Å². The standard InChI is InChI=1S/C22H36N4O8S.C2HF3O2/c1-2-32-20(28)22(10-4-3-5-11-22)15-33-35(30,31)34-26-17-6-7-18(25(14-17)21(26)29)19(27)24-16-8-12-23-13-9-16;3-2(4,5)1(6)7/h16-18,23H,2-15H2,1H3,(H,24,27);(H,6,7)/p+1/t17-,18+;/m1./s1. The van der Waals surface area contributed by atoms with E-state index in [-0.39, 0.29) is 25.1 Å². The molecule has 0 unspecified atom stereocenters. The van der Waals surface area contributed by atoms with E-state index in [0.717, 1.165) is 50.3 Å². The number of nitrogens with zero attached hydrogens (tertiary/aromatic N) is 2. The van der Waals surface area contributed by atoms with Crippen LogP contribution in [-0.4, -0.2) is 105 Å². The van der Waals surface area contributed by atoms with Crippen LogP contribution in [0.15, 0.2) is 0 Å². The number of nitrogens with one attached hydrogen (secondary N) is 1. The summed E-state index contributed by atoms with van der Waals surface area (Å²) in [5.41, 5.74) is -1.04. The van der Waals surface area contributed by atoms with Crippen molar-refractivity contribution in [3.63, 3.8) is 0 Å². The highest BCUT2D eigenvalue weighted by Crippen LogP contribution is 2.39. The summed E-state index contributed by atoms with van der Waals surface area (Å²) in [4.78, 5) is 48.7. The van der Waals surface area contributed by atoms with Gasteiger partial charge in [-0.1, -0.05) is 19.3 Å². The number of piperidine rings is 2. The molecule has 0 spiro atoms. The van der Waals surface area contributed by atoms with Crippen LogP contribution in [0.25, 0.3) is 0 Å². The number of hydrogen-bond donors (Lipinski definition) is 3. The Balaban J connectivity index is 0.000000616. The minimum atomic E-state index is -5.08. The van der Waals surface area contributed by atoms with Crippen LogP contribution < -0.4 is 10.6 Å². The molecule has 4 rings (SSSR count). The van der Waals surface area contributed by atoms with E-state index in [1.165, 1.54) is 4.90 Å². The lowest BCUT2D eigenvalue weighted by Crippen LogP contribution is -2.87. The molecule has 14 nitrogen and oxygen atoms in total. The number of aliphatic carboxylic acids is 1. The Hall–Kier alpha value is -2.70. The lowest BCUT2D eigenvalue weighted by Gasteiger charge is -2.34. The first-order chi connectivity index (χ1) is 19.7. The maximum Gasteiger partial charge on any atom is 0.490 e. The average Bonchev–Trinajstić information content (AvgIpc) is 3.17. The van der Waals surface area contributed by atoms with Gasteiger partial charge in [-0.05, 0) is 32.6 Å². The fourth-order valence-corrected chi connectivity index (χ4v) is 6.39. The molecule has 3 heterocycles. The zero-order valence-corrected chi connectivity index (χ0v) is 24.1. The van der Waals surface area contributed by atoms with Gasteiger partial charge in [0.25, 0.3) is 0 Å². The van der Waals surface area contributed by atoms with Gasteiger partial charge in [0.2, 0.25) is 5.91 Å². The molecule has 18 heteroatoms. The summed E-state index contributed by atoms with van der Waals surface area (Å²) in [6, 6.07) is -1.73. The van der Waals surface area contributed by atoms with E-state index in [9.17, 15) is 36.0 Å². The number of alkyl halides is 3. The second-order valence-electron chi connectivity index (χ2n) is 10.8. The zero-order valence-electron chi connectivity index (χ0n) is 23.3. The third-order valence-corrected chi connectivity index (χ3v) is 8.57. The maximum absolute atomic E-state index is 13.0. The van der Waals surface area contributed by atoms with Crippen LogP contribution in [0.4, 0.5) is 18.0 Å². The Bertz CT molecular complexity index is 1090. The molecule has 2 atom stereocenters. The van der Waals surface area contributed by atoms with Gasteiger partial charge in [-0.3, -0.25) is 9.59 Å². The molecule has 2 bridgehead atoms. The number of rotatable bonds is 9. The summed E-state index contributed by atoms with van der Waals surface area (Å²) in [7, 11) is -4.62. The molecular weight excluding hydrogens is 593 g/mol. The van der Waals surface area contributed by atoms with E-state index in [4.69, 9.17) is 23.1 Å². The van der Waals surface area contributed by atoms with E-state index in [0.29, 0.717) is 25.7 Å². The molecule has 4 aliphatic rings. The van der Waals surface area contributed by atoms with Gasteiger partial charge in [0.05, 0.1) is 37.8 Å². The molecule has 1 aliphatic carbocycles. The molecule has 4 fully saturated rings. The van der Waals surface area contributed by atoms with Crippen molar-refractivity contribution in [1.82, 2.24) is 15.3 Å². The van der Waals surface area contributed by atoms with Crippen LogP contribution in [0, 0.1) is 5.41 Å². The first-order valence-electron chi connectivity index (χ1n) is 14.0. The summed E-state index contributed by atoms with van der Waals surface area (Å²) in [6.07, 6.45) is 0.973. The SMILES string of the molecule is CCOC(=O)C1(COS(=O)(=O)ON2C(=O)N3C[C@H]2CC[C@H]3C(=O)NC2CC[NH2+]CC2)CCCCC1.O=C(O)C(F)(F)F. The van der Waals surface area contributed by atoms with Crippen LogP contribution in [0.3, 0.4) is 0 Å². The second-order valence-corrected chi connectivity index (χ2v) is 12.0. The Morgan fingerprint density at radius 3 is 2.29 bits per heavy atom. The van der Waals surface area contributed by atoms with Gasteiger partial charge in [0, 0.05) is 25.4 Å². The highest BCUT2D eigenvalue weighted by Gasteiger charge is 2.50. The Morgan fingerprint density at radius 2 is 1.71 bits per heavy atom. The van der Waals surface area contributed by atoms with Crippen molar-refractivity contribution >= 4 is 34.3 Å². The number of fused-ring (bicyclic) bond motifs is 2. The van der Waals surface area contributed by atoms with Gasteiger partial charge in [0.1, 0.15) is 6.04 Å². The molecule has 1 saturated carbocycles. The van der Waals surface area contributed by atoms with Crippen LogP contribution in [0.1, 0.15) is 64.7 Å². The number of carbonyl (C=O) groups excluding carboxylic acids is 3. The highest BCUT2D eigenvalue weighted by molar-refractivity contribution is 7.81. The average molecular weight is 632 g/mol.